The Morgan fingerprint density at radius 1 is 1.29 bits per heavy atom. The molecule has 0 bridgehead atoms. The number of hydrogen-bond donors (Lipinski definition) is 1. The fourth-order valence-electron chi connectivity index (χ4n) is 2.11. The van der Waals surface area contributed by atoms with Crippen LogP contribution in [-0.4, -0.2) is 42.6 Å². The van der Waals surface area contributed by atoms with Gasteiger partial charge in [-0.3, -0.25) is 9.59 Å². The zero-order valence-corrected chi connectivity index (χ0v) is 9.89. The number of aliphatic carboxylic acids is 1. The number of rotatable bonds is 4. The average molecular weight is 244 g/mol. The van der Waals surface area contributed by atoms with E-state index in [1.165, 1.54) is 14.2 Å². The predicted molar refractivity (Wildman–Crippen MR) is 56.4 cm³/mol. The molecule has 0 aromatic carbocycles. The van der Waals surface area contributed by atoms with Gasteiger partial charge in [0.25, 0.3) is 0 Å². The van der Waals surface area contributed by atoms with Gasteiger partial charge in [-0.1, -0.05) is 6.42 Å². The minimum atomic E-state index is -1.59. The van der Waals surface area contributed by atoms with E-state index in [0.717, 1.165) is 0 Å². The Labute approximate surface area is 98.9 Å². The molecule has 1 rings (SSSR count). The summed E-state index contributed by atoms with van der Waals surface area (Å²) in [6.07, 6.45) is 1.82. The number of methoxy groups -OCH3 is 2. The third-order valence-electron chi connectivity index (χ3n) is 3.13. The van der Waals surface area contributed by atoms with Gasteiger partial charge in [-0.2, -0.15) is 0 Å². The molecule has 0 heterocycles. The maximum Gasteiger partial charge on any atom is 0.372 e. The topological polar surface area (TPSA) is 89.9 Å². The van der Waals surface area contributed by atoms with E-state index in [-0.39, 0.29) is 6.42 Å². The molecular weight excluding hydrogens is 228 g/mol. The van der Waals surface area contributed by atoms with Crippen LogP contribution >= 0.6 is 0 Å². The molecule has 1 aliphatic rings. The lowest BCUT2D eigenvalue weighted by Crippen LogP contribution is -2.48. The van der Waals surface area contributed by atoms with Gasteiger partial charge < -0.3 is 14.6 Å². The number of ketones is 2. The molecular formula is C11H16O6. The average Bonchev–Trinajstić information content (AvgIpc) is 2.48. The predicted octanol–water partition coefficient (Wildman–Crippen LogP) is 0.389. The smallest absolute Gasteiger partial charge is 0.372 e. The lowest BCUT2D eigenvalue weighted by atomic mass is 9.91. The standard InChI is InChI=1S/C11H16O6/c1-16-11(17-2)6-4-3-5-7(9(11)13)8(12)10(14)15/h7H,3-6H2,1-2H3,(H,14,15). The highest BCUT2D eigenvalue weighted by atomic mass is 16.7. The first kappa shape index (κ1) is 13.8. The van der Waals surface area contributed by atoms with Gasteiger partial charge in [-0.15, -0.1) is 0 Å². The maximum atomic E-state index is 12.1. The van der Waals surface area contributed by atoms with E-state index < -0.39 is 29.2 Å². The van der Waals surface area contributed by atoms with Crippen LogP contribution in [0.5, 0.6) is 0 Å². The molecule has 0 radical (unpaired) electrons. The molecule has 1 N–H and O–H groups in total. The second-order valence-corrected chi connectivity index (χ2v) is 3.99. The Bertz CT molecular complexity index is 331. The van der Waals surface area contributed by atoms with Crippen molar-refractivity contribution in [3.05, 3.63) is 0 Å². The van der Waals surface area contributed by atoms with Crippen LogP contribution in [0.4, 0.5) is 0 Å². The van der Waals surface area contributed by atoms with Gasteiger partial charge in [0.05, 0.1) is 5.92 Å². The van der Waals surface area contributed by atoms with E-state index >= 15 is 0 Å². The molecule has 1 unspecified atom stereocenters. The summed E-state index contributed by atoms with van der Waals surface area (Å²) in [6, 6.07) is 0. The lowest BCUT2D eigenvalue weighted by molar-refractivity contribution is -0.212. The van der Waals surface area contributed by atoms with Crippen molar-refractivity contribution in [2.75, 3.05) is 14.2 Å². The van der Waals surface area contributed by atoms with Gasteiger partial charge in [0.2, 0.25) is 17.4 Å². The molecule has 1 saturated carbocycles. The van der Waals surface area contributed by atoms with Crippen LogP contribution in [0.25, 0.3) is 0 Å². The van der Waals surface area contributed by atoms with Crippen molar-refractivity contribution in [3.63, 3.8) is 0 Å². The van der Waals surface area contributed by atoms with E-state index in [2.05, 4.69) is 0 Å². The van der Waals surface area contributed by atoms with Crippen LogP contribution in [0.2, 0.25) is 0 Å². The van der Waals surface area contributed by atoms with Crippen LogP contribution in [0.1, 0.15) is 25.7 Å². The summed E-state index contributed by atoms with van der Waals surface area (Å²) in [5.41, 5.74) is 0. The van der Waals surface area contributed by atoms with E-state index in [1.54, 1.807) is 0 Å². The van der Waals surface area contributed by atoms with Crippen LogP contribution < -0.4 is 0 Å². The summed E-state index contributed by atoms with van der Waals surface area (Å²) in [4.78, 5) is 34.3. The quantitative estimate of drug-likeness (QED) is 0.333. The molecule has 17 heavy (non-hydrogen) atoms. The van der Waals surface area contributed by atoms with Gasteiger partial charge in [-0.25, -0.2) is 4.79 Å². The third kappa shape index (κ3) is 2.53. The summed E-state index contributed by atoms with van der Waals surface area (Å²) in [5.74, 6) is -5.92. The molecule has 0 amide bonds. The van der Waals surface area contributed by atoms with Crippen LogP contribution in [-0.2, 0) is 23.9 Å². The SMILES string of the molecule is COC1(OC)CCCCC(C(=O)C(=O)O)C1=O. The molecule has 1 fully saturated rings. The zero-order valence-electron chi connectivity index (χ0n) is 9.89. The monoisotopic (exact) mass is 244 g/mol. The van der Waals surface area contributed by atoms with Crippen molar-refractivity contribution in [1.82, 2.24) is 0 Å². The van der Waals surface area contributed by atoms with Crippen molar-refractivity contribution < 1.29 is 29.0 Å². The van der Waals surface area contributed by atoms with Gasteiger partial charge >= 0.3 is 5.97 Å². The fourth-order valence-corrected chi connectivity index (χ4v) is 2.11. The van der Waals surface area contributed by atoms with Gasteiger partial charge in [0, 0.05) is 20.6 Å². The van der Waals surface area contributed by atoms with Crippen molar-refractivity contribution in [1.29, 1.82) is 0 Å². The molecule has 6 heteroatoms. The molecule has 1 aliphatic carbocycles. The normalized spacial score (nSPS) is 24.1. The van der Waals surface area contributed by atoms with Crippen molar-refractivity contribution in [2.45, 2.75) is 31.5 Å². The minimum Gasteiger partial charge on any atom is -0.475 e. The highest BCUT2D eigenvalue weighted by Crippen LogP contribution is 2.31. The van der Waals surface area contributed by atoms with Crippen LogP contribution in [0.3, 0.4) is 0 Å². The Balaban J connectivity index is 3.03. The first-order chi connectivity index (χ1) is 7.98. The molecule has 0 aromatic heterocycles. The number of hydrogen-bond acceptors (Lipinski definition) is 5. The highest BCUT2D eigenvalue weighted by Gasteiger charge is 2.47. The molecule has 1 atom stereocenters. The first-order valence-electron chi connectivity index (χ1n) is 5.40. The fraction of sp³-hybridized carbons (Fsp3) is 0.727. The second kappa shape index (κ2) is 5.37. The summed E-state index contributed by atoms with van der Waals surface area (Å²) < 4.78 is 10.1. The van der Waals surface area contributed by atoms with Crippen LogP contribution in [0.15, 0.2) is 0 Å². The Morgan fingerprint density at radius 2 is 1.88 bits per heavy atom. The molecule has 0 aliphatic heterocycles. The number of ether oxygens (including phenoxy) is 2. The number of carboxylic acid groups (broad SMARTS) is 1. The van der Waals surface area contributed by atoms with Crippen molar-refractivity contribution in [2.24, 2.45) is 5.92 Å². The number of carbonyl (C=O) groups is 3. The van der Waals surface area contributed by atoms with E-state index in [9.17, 15) is 14.4 Å². The largest absolute Gasteiger partial charge is 0.475 e. The maximum absolute atomic E-state index is 12.1. The van der Waals surface area contributed by atoms with Crippen molar-refractivity contribution in [3.8, 4) is 0 Å². The van der Waals surface area contributed by atoms with Crippen molar-refractivity contribution >= 4 is 17.5 Å². The Morgan fingerprint density at radius 3 is 2.35 bits per heavy atom. The summed E-state index contributed by atoms with van der Waals surface area (Å²) in [7, 11) is 2.63. The molecule has 0 aromatic rings. The number of carbonyl (C=O) groups excluding carboxylic acids is 2. The van der Waals surface area contributed by atoms with E-state index in [4.69, 9.17) is 14.6 Å². The Hall–Kier alpha value is -1.27. The summed E-state index contributed by atoms with van der Waals surface area (Å²) >= 11 is 0. The van der Waals surface area contributed by atoms with E-state index in [0.29, 0.717) is 19.3 Å². The zero-order chi connectivity index (χ0) is 13.1. The van der Waals surface area contributed by atoms with Gasteiger partial charge in [0.1, 0.15) is 0 Å². The Kier molecular flexibility index (Phi) is 4.36. The third-order valence-corrected chi connectivity index (χ3v) is 3.13. The summed E-state index contributed by atoms with van der Waals surface area (Å²) in [5, 5.41) is 8.68. The molecule has 6 nitrogen and oxygen atoms in total. The summed E-state index contributed by atoms with van der Waals surface area (Å²) in [6.45, 7) is 0. The van der Waals surface area contributed by atoms with Crippen LogP contribution in [0, 0.1) is 5.92 Å². The number of carboxylic acids is 1. The number of Topliss-reactive ketones (excluding diaryl/α,β-unsaturated/α-hetero) is 2. The minimum absolute atomic E-state index is 0.235. The van der Waals surface area contributed by atoms with Gasteiger partial charge in [-0.05, 0) is 12.8 Å². The molecule has 0 spiro atoms. The molecule has 96 valence electrons. The lowest BCUT2D eigenvalue weighted by Gasteiger charge is -2.29. The van der Waals surface area contributed by atoms with Gasteiger partial charge in [0.15, 0.2) is 0 Å². The van der Waals surface area contributed by atoms with E-state index in [1.807, 2.05) is 0 Å². The highest BCUT2D eigenvalue weighted by molar-refractivity contribution is 6.38. The first-order valence-corrected chi connectivity index (χ1v) is 5.40. The molecule has 0 saturated heterocycles. The second-order valence-electron chi connectivity index (χ2n) is 3.99.